The molecule has 35 heteroatoms. The lowest BCUT2D eigenvalue weighted by molar-refractivity contribution is -0.137. The molecule has 92 heavy (non-hydrogen) atoms. The predicted molar refractivity (Wildman–Crippen MR) is 333 cm³/mol. The van der Waals surface area contributed by atoms with E-state index < -0.39 is 158 Å². The number of nitrogens with one attached hydrogen (secondary N) is 13. The molecule has 10 atom stereocenters. The van der Waals surface area contributed by atoms with E-state index in [0.29, 0.717) is 28.5 Å². The molecule has 0 unspecified atom stereocenters. The summed E-state index contributed by atoms with van der Waals surface area (Å²) >= 11 is 8.40. The van der Waals surface area contributed by atoms with E-state index in [1.807, 2.05) is 0 Å². The van der Waals surface area contributed by atoms with Gasteiger partial charge in [-0.15, -0.1) is 0 Å². The van der Waals surface area contributed by atoms with Gasteiger partial charge in [-0.3, -0.25) is 47.9 Å². The zero-order valence-corrected chi connectivity index (χ0v) is 52.8. The first-order chi connectivity index (χ1) is 43.4. The van der Waals surface area contributed by atoms with Crippen LogP contribution in [-0.2, 0) is 60.8 Å². The number of likely N-dealkylation sites (N-methyl/N-ethyl adjacent to an activating group) is 1. The van der Waals surface area contributed by atoms with E-state index in [9.17, 15) is 84.5 Å². The monoisotopic (exact) mass is 1350 g/mol. The average Bonchev–Trinajstić information content (AvgIpc) is 1.62. The van der Waals surface area contributed by atoms with E-state index in [1.54, 1.807) is 73.0 Å². The van der Waals surface area contributed by atoms with Crippen LogP contribution < -0.4 is 69.5 Å². The van der Waals surface area contributed by atoms with Crippen LogP contribution in [0.3, 0.4) is 0 Å². The third kappa shape index (κ3) is 28.7. The van der Waals surface area contributed by atoms with Crippen molar-refractivity contribution in [2.24, 2.45) is 10.7 Å². The molecule has 10 amide bonds. The molecule has 1 aromatic heterocycles. The SMILES string of the molecule is CCNC(=O)[C@@H](NC(=O)[C@H](CS)NC(=O)[C@@H](NC(=O)[C@H](CCCCN)NC(=O)[C@@H](Cc1c[nH]c2ccccc12)NC(=O)[C@H](Cc1ccccc1)NC(=O)[C@H](CS)NC(=O)CNC(=O)[C@@H](CCCCNC(=NCC(F)(F)F)NCC(F)(F)F)NC(C)=O)[C@@H](C)O)[C@@H](C)O. The molecular weight excluding hydrogens is 1260 g/mol. The number of nitrogens with zero attached hydrogens (tertiary/aromatic N) is 1. The number of carbonyl (C=O) groups excluding carboxylic acids is 10. The van der Waals surface area contributed by atoms with Crippen molar-refractivity contribution in [3.63, 3.8) is 0 Å². The minimum Gasteiger partial charge on any atom is -0.391 e. The molecule has 3 aromatic rings. The number of rotatable bonds is 38. The number of aliphatic hydroxyl groups is 2. The number of aliphatic hydroxyl groups excluding tert-OH is 2. The first-order valence-electron chi connectivity index (χ1n) is 29.4. The molecule has 0 aliphatic carbocycles. The van der Waals surface area contributed by atoms with Gasteiger partial charge >= 0.3 is 12.4 Å². The molecule has 0 fully saturated rings. The van der Waals surface area contributed by atoms with Gasteiger partial charge in [0.05, 0.1) is 18.8 Å². The van der Waals surface area contributed by atoms with Gasteiger partial charge in [-0.2, -0.15) is 51.6 Å². The lowest BCUT2D eigenvalue weighted by atomic mass is 10.0. The molecule has 2 aromatic carbocycles. The molecule has 0 radical (unpaired) electrons. The number of aromatic amines is 1. The normalized spacial score (nSPS) is 15.0. The number of nitrogens with two attached hydrogens (primary N) is 1. The number of amides is 10. The van der Waals surface area contributed by atoms with Crippen LogP contribution in [-0.4, -0.2) is 204 Å². The number of carbonyl (C=O) groups is 10. The van der Waals surface area contributed by atoms with Gasteiger partial charge in [0.15, 0.2) is 5.96 Å². The smallest absolute Gasteiger partial charge is 0.391 e. The van der Waals surface area contributed by atoms with Crippen LogP contribution in [0, 0.1) is 0 Å². The van der Waals surface area contributed by atoms with Crippen molar-refractivity contribution in [3.8, 4) is 0 Å². The van der Waals surface area contributed by atoms with Gasteiger partial charge in [0, 0.05) is 61.5 Å². The zero-order valence-electron chi connectivity index (χ0n) is 51.0. The van der Waals surface area contributed by atoms with E-state index in [4.69, 9.17) is 5.73 Å². The maximum atomic E-state index is 14.8. The van der Waals surface area contributed by atoms with Gasteiger partial charge < -0.3 is 84.7 Å². The Morgan fingerprint density at radius 3 is 1.64 bits per heavy atom. The molecule has 0 saturated heterocycles. The number of aromatic nitrogens is 1. The average molecular weight is 1350 g/mol. The Morgan fingerprint density at radius 1 is 0.565 bits per heavy atom. The summed E-state index contributed by atoms with van der Waals surface area (Å²) < 4.78 is 76.5. The molecule has 1 heterocycles. The van der Waals surface area contributed by atoms with Crippen molar-refractivity contribution < 1.29 is 84.5 Å². The van der Waals surface area contributed by atoms with Crippen molar-refractivity contribution in [2.75, 3.05) is 50.8 Å². The second-order valence-corrected chi connectivity index (χ2v) is 22.0. The fourth-order valence-electron chi connectivity index (χ4n) is 8.88. The van der Waals surface area contributed by atoms with E-state index in [-0.39, 0.29) is 76.1 Å². The number of benzene rings is 2. The Labute approximate surface area is 537 Å². The number of hydrogen-bond donors (Lipinski definition) is 18. The fraction of sp³-hybridized carbons (Fsp3) is 0.561. The summed E-state index contributed by atoms with van der Waals surface area (Å²) in [5.74, 6) is -10.4. The van der Waals surface area contributed by atoms with Crippen molar-refractivity contribution in [1.82, 2.24) is 68.8 Å². The summed E-state index contributed by atoms with van der Waals surface area (Å²) in [5.41, 5.74) is 7.51. The van der Waals surface area contributed by atoms with E-state index in [2.05, 4.69) is 93.7 Å². The summed E-state index contributed by atoms with van der Waals surface area (Å²) in [5, 5.41) is 50.6. The largest absolute Gasteiger partial charge is 0.408 e. The minimum absolute atomic E-state index is 0.0646. The first kappa shape index (κ1) is 78.4. The van der Waals surface area contributed by atoms with Crippen molar-refractivity contribution in [2.45, 2.75) is 152 Å². The number of halogens is 6. The number of fused-ring (bicyclic) bond motifs is 1. The fourth-order valence-corrected chi connectivity index (χ4v) is 9.39. The maximum Gasteiger partial charge on any atom is 0.408 e. The number of aliphatic imine (C=N–C) groups is 1. The number of guanidine groups is 1. The van der Waals surface area contributed by atoms with Crippen molar-refractivity contribution in [1.29, 1.82) is 0 Å². The van der Waals surface area contributed by atoms with Gasteiger partial charge in [-0.05, 0) is 83.0 Å². The van der Waals surface area contributed by atoms with Gasteiger partial charge in [-0.25, -0.2) is 4.99 Å². The Hall–Kier alpha value is -7.89. The molecule has 17 N–H and O–H groups in total. The molecule has 0 spiro atoms. The number of unbranched alkanes of at least 4 members (excludes halogenated alkanes) is 2. The second kappa shape index (κ2) is 39.5. The summed E-state index contributed by atoms with van der Waals surface area (Å²) in [7, 11) is 0. The predicted octanol–water partition coefficient (Wildman–Crippen LogP) is -1.32. The number of H-pyrrole nitrogens is 1. The molecule has 0 aliphatic rings. The number of thiol groups is 2. The topological polar surface area (TPSA) is 410 Å². The van der Waals surface area contributed by atoms with E-state index in [0.717, 1.165) is 6.92 Å². The highest BCUT2D eigenvalue weighted by molar-refractivity contribution is 7.80. The maximum absolute atomic E-state index is 14.8. The van der Waals surface area contributed by atoms with Gasteiger partial charge in [0.25, 0.3) is 0 Å². The number of alkyl halides is 6. The van der Waals surface area contributed by atoms with Crippen molar-refractivity contribution >= 4 is 101 Å². The molecule has 0 saturated carbocycles. The third-order valence-corrected chi connectivity index (χ3v) is 14.3. The zero-order chi connectivity index (χ0) is 68.7. The Bertz CT molecular complexity index is 2950. The molecular formula is C57H83F6N15O12S2. The summed E-state index contributed by atoms with van der Waals surface area (Å²) in [6, 6.07) is 3.52. The van der Waals surface area contributed by atoms with Crippen LogP contribution in [0.2, 0.25) is 0 Å². The van der Waals surface area contributed by atoms with Crippen molar-refractivity contribution in [3.05, 3.63) is 71.9 Å². The minimum atomic E-state index is -4.81. The highest BCUT2D eigenvalue weighted by Gasteiger charge is 2.37. The Morgan fingerprint density at radius 2 is 1.08 bits per heavy atom. The number of para-hydroxylation sites is 1. The van der Waals surface area contributed by atoms with Gasteiger partial charge in [0.2, 0.25) is 59.1 Å². The first-order valence-corrected chi connectivity index (χ1v) is 30.6. The summed E-state index contributed by atoms with van der Waals surface area (Å²) in [4.78, 5) is 142. The molecule has 512 valence electrons. The van der Waals surface area contributed by atoms with Crippen LogP contribution in [0.1, 0.15) is 77.3 Å². The highest BCUT2D eigenvalue weighted by Crippen LogP contribution is 2.21. The quantitative estimate of drug-likeness (QED) is 0.0104. The molecule has 27 nitrogen and oxygen atoms in total. The van der Waals surface area contributed by atoms with Crippen LogP contribution >= 0.6 is 25.3 Å². The molecule has 0 bridgehead atoms. The van der Waals surface area contributed by atoms with Crippen LogP contribution in [0.4, 0.5) is 26.3 Å². The third-order valence-electron chi connectivity index (χ3n) is 13.6. The van der Waals surface area contributed by atoms with E-state index >= 15 is 0 Å². The molecule has 3 rings (SSSR count). The highest BCUT2D eigenvalue weighted by atomic mass is 32.1. The Kier molecular flexibility index (Phi) is 33.6. The van der Waals surface area contributed by atoms with E-state index in [1.165, 1.54) is 13.8 Å². The van der Waals surface area contributed by atoms with Crippen LogP contribution in [0.25, 0.3) is 10.9 Å². The standard InChI is InChI=1S/C57H83F6N15O12S2/c1-5-65-53(89)45(31(2)79)77-52(88)43(28-92)76-54(90)46(32(3)80)78-48(84)39(19-11-13-21-64)73-50(86)41(24-35-25-67-37-18-10-9-17-36(35)37)75-49(85)40(23-34-15-7-6-8-16-34)74-51(87)42(27-91)72-44(82)26-68-47(83)38(71-33(4)81)20-12-14-22-66-55(69-29-56(58,59)60)70-30-57(61,62)63/h6-10,15-18,25,31-32,38-43,45-46,67,79-80,91-92H,5,11-14,19-24,26-30,64H2,1-4H3,(H,65,89)(H,68,83)(H,71,81)(H,72,82)(H,73,86)(H,74,87)(H,75,85)(H,76,90)(H,77,88)(H,78,84)(H2,66,69,70)/t31-,32-,38-,39+,40+,41-,42+,43+,45+,46+/m1/s1. The molecule has 0 aliphatic heterocycles. The van der Waals surface area contributed by atoms with Crippen LogP contribution in [0.15, 0.2) is 65.8 Å². The van der Waals surface area contributed by atoms with Crippen LogP contribution in [0.5, 0.6) is 0 Å². The van der Waals surface area contributed by atoms with Gasteiger partial charge in [0.1, 0.15) is 61.4 Å². The summed E-state index contributed by atoms with van der Waals surface area (Å²) in [6.45, 7) is 1.12. The number of hydrogen-bond acceptors (Lipinski definition) is 16. The summed E-state index contributed by atoms with van der Waals surface area (Å²) in [6.07, 6.45) is -10.8. The lowest BCUT2D eigenvalue weighted by Gasteiger charge is -2.28. The van der Waals surface area contributed by atoms with Gasteiger partial charge in [-0.1, -0.05) is 48.5 Å². The second-order valence-electron chi connectivity index (χ2n) is 21.3. The lowest BCUT2D eigenvalue weighted by Crippen LogP contribution is -2.62. The Balaban J connectivity index is 1.85.